The summed E-state index contributed by atoms with van der Waals surface area (Å²) in [6, 6.07) is 16.5. The molecule has 4 aromatic rings. The van der Waals surface area contributed by atoms with Crippen molar-refractivity contribution >= 4 is 18.0 Å². The summed E-state index contributed by atoms with van der Waals surface area (Å²) in [5, 5.41) is 0. The van der Waals surface area contributed by atoms with Gasteiger partial charge in [-0.05, 0) is 41.5 Å². The number of halogens is 3. The molecule has 7 nitrogen and oxygen atoms in total. The van der Waals surface area contributed by atoms with E-state index in [9.17, 15) is 22.8 Å². The number of esters is 1. The molecular formula is C29H25F3N4O3. The molecular weight excluding hydrogens is 509 g/mol. The zero-order chi connectivity index (χ0) is 27.8. The van der Waals surface area contributed by atoms with Crippen LogP contribution < -0.4 is 0 Å². The van der Waals surface area contributed by atoms with Crippen molar-refractivity contribution in [3.05, 3.63) is 114 Å². The first-order valence-corrected chi connectivity index (χ1v) is 11.9. The summed E-state index contributed by atoms with van der Waals surface area (Å²) in [6.07, 6.45) is 4.63. The van der Waals surface area contributed by atoms with Crippen molar-refractivity contribution in [2.45, 2.75) is 25.3 Å². The second-order valence-electron chi connectivity index (χ2n) is 8.63. The number of methoxy groups -OCH3 is 1. The van der Waals surface area contributed by atoms with Gasteiger partial charge in [0.05, 0.1) is 31.2 Å². The van der Waals surface area contributed by atoms with Gasteiger partial charge in [0.1, 0.15) is 6.04 Å². The van der Waals surface area contributed by atoms with E-state index in [-0.39, 0.29) is 13.1 Å². The van der Waals surface area contributed by atoms with Crippen LogP contribution in [0.1, 0.15) is 16.7 Å². The number of carbonyl (C=O) groups excluding carboxylic acids is 2. The van der Waals surface area contributed by atoms with Crippen LogP contribution in [0.5, 0.6) is 0 Å². The van der Waals surface area contributed by atoms with Gasteiger partial charge in [-0.3, -0.25) is 9.78 Å². The van der Waals surface area contributed by atoms with Crippen LogP contribution in [0, 0.1) is 0 Å². The number of amides is 1. The number of nitrogens with zero attached hydrogens (tertiary/aromatic N) is 4. The van der Waals surface area contributed by atoms with Crippen molar-refractivity contribution in [2.24, 2.45) is 0 Å². The van der Waals surface area contributed by atoms with Crippen molar-refractivity contribution in [3.63, 3.8) is 0 Å². The molecule has 0 aliphatic heterocycles. The van der Waals surface area contributed by atoms with E-state index >= 15 is 0 Å². The Bertz CT molecular complexity index is 1400. The normalized spacial score (nSPS) is 12.3. The van der Waals surface area contributed by atoms with Gasteiger partial charge in [-0.15, -0.1) is 0 Å². The number of ether oxygens (including phenoxy) is 1. The molecule has 0 saturated carbocycles. The van der Waals surface area contributed by atoms with Crippen molar-refractivity contribution in [1.29, 1.82) is 0 Å². The van der Waals surface area contributed by atoms with E-state index in [4.69, 9.17) is 4.74 Å². The van der Waals surface area contributed by atoms with E-state index in [0.29, 0.717) is 5.56 Å². The Hall–Kier alpha value is -4.73. The predicted molar refractivity (Wildman–Crippen MR) is 139 cm³/mol. The van der Waals surface area contributed by atoms with Gasteiger partial charge in [-0.25, -0.2) is 9.78 Å². The zero-order valence-corrected chi connectivity index (χ0v) is 21.0. The van der Waals surface area contributed by atoms with Crippen molar-refractivity contribution in [3.8, 4) is 11.3 Å². The molecule has 10 heteroatoms. The summed E-state index contributed by atoms with van der Waals surface area (Å²) in [4.78, 5) is 36.0. The molecule has 0 aliphatic carbocycles. The molecule has 1 amide bonds. The van der Waals surface area contributed by atoms with Gasteiger partial charge in [0.15, 0.2) is 0 Å². The van der Waals surface area contributed by atoms with Crippen LogP contribution in [-0.4, -0.2) is 44.5 Å². The van der Waals surface area contributed by atoms with Crippen LogP contribution in [-0.2, 0) is 33.6 Å². The summed E-state index contributed by atoms with van der Waals surface area (Å²) < 4.78 is 45.3. The lowest BCUT2D eigenvalue weighted by Gasteiger charge is -2.29. The molecule has 0 saturated heterocycles. The fraction of sp³-hybridized carbons (Fsp3) is 0.172. The number of hydrogen-bond donors (Lipinski definition) is 0. The van der Waals surface area contributed by atoms with Gasteiger partial charge < -0.3 is 14.2 Å². The molecule has 0 spiro atoms. The van der Waals surface area contributed by atoms with Gasteiger partial charge >= 0.3 is 12.1 Å². The lowest BCUT2D eigenvalue weighted by atomic mass is 10.1. The predicted octanol–water partition coefficient (Wildman–Crippen LogP) is 5.25. The first-order chi connectivity index (χ1) is 18.7. The Balaban J connectivity index is 1.61. The largest absolute Gasteiger partial charge is 0.467 e. The van der Waals surface area contributed by atoms with E-state index in [1.54, 1.807) is 23.2 Å². The molecule has 2 aromatic carbocycles. The minimum absolute atomic E-state index is 0.0765. The average molecular weight is 535 g/mol. The molecule has 4 rings (SSSR count). The molecule has 0 bridgehead atoms. The summed E-state index contributed by atoms with van der Waals surface area (Å²) in [7, 11) is 1.24. The SMILES string of the molecule is COC(=O)C(Cn1ccnc1)N(Cc1ccc(-c2ccccn2)cc1)C(=O)C=Cc1ccc(C(F)(F)F)cc1. The third-order valence-electron chi connectivity index (χ3n) is 6.00. The van der Waals surface area contributed by atoms with Crippen molar-refractivity contribution < 1.29 is 27.5 Å². The second kappa shape index (κ2) is 12.2. The quantitative estimate of drug-likeness (QED) is 0.217. The summed E-state index contributed by atoms with van der Waals surface area (Å²) in [5.41, 5.74) is 2.06. The number of aromatic nitrogens is 3. The number of pyridine rings is 1. The highest BCUT2D eigenvalue weighted by atomic mass is 19.4. The van der Waals surface area contributed by atoms with Crippen molar-refractivity contribution in [1.82, 2.24) is 19.4 Å². The van der Waals surface area contributed by atoms with Crippen LogP contribution in [0.25, 0.3) is 17.3 Å². The highest BCUT2D eigenvalue weighted by Gasteiger charge is 2.31. The number of rotatable bonds is 9. The Kier molecular flexibility index (Phi) is 8.55. The lowest BCUT2D eigenvalue weighted by Crippen LogP contribution is -2.47. The molecule has 0 fully saturated rings. The minimum Gasteiger partial charge on any atom is -0.467 e. The van der Waals surface area contributed by atoms with Gasteiger partial charge in [0.2, 0.25) is 5.91 Å². The fourth-order valence-corrected chi connectivity index (χ4v) is 3.93. The van der Waals surface area contributed by atoms with E-state index in [1.807, 2.05) is 42.5 Å². The maximum atomic E-state index is 13.4. The molecule has 39 heavy (non-hydrogen) atoms. The first kappa shape index (κ1) is 27.3. The van der Waals surface area contributed by atoms with E-state index < -0.39 is 29.7 Å². The maximum Gasteiger partial charge on any atom is 0.416 e. The standard InChI is InChI=1S/C29H25F3N4O3/c1-39-28(38)26(19-35-17-16-33-20-35)36(18-22-5-10-23(11-6-22)25-4-2-3-15-34-25)27(37)14-9-21-7-12-24(13-8-21)29(30,31)32/h2-17,20,26H,18-19H2,1H3. The van der Waals surface area contributed by atoms with E-state index in [0.717, 1.165) is 29.0 Å². The highest BCUT2D eigenvalue weighted by Crippen LogP contribution is 2.29. The van der Waals surface area contributed by atoms with E-state index in [1.165, 1.54) is 42.6 Å². The Morgan fingerprint density at radius 1 is 1.03 bits per heavy atom. The summed E-state index contributed by atoms with van der Waals surface area (Å²) in [6.45, 7) is 0.172. The Morgan fingerprint density at radius 3 is 2.36 bits per heavy atom. The van der Waals surface area contributed by atoms with Gasteiger partial charge in [-0.2, -0.15) is 13.2 Å². The summed E-state index contributed by atoms with van der Waals surface area (Å²) >= 11 is 0. The van der Waals surface area contributed by atoms with Crippen LogP contribution in [0.15, 0.2) is 97.7 Å². The molecule has 2 heterocycles. The third kappa shape index (κ3) is 7.19. The number of imidazole rings is 1. The van der Waals surface area contributed by atoms with Gasteiger partial charge in [-0.1, -0.05) is 42.5 Å². The average Bonchev–Trinajstić information content (AvgIpc) is 3.47. The van der Waals surface area contributed by atoms with Crippen LogP contribution in [0.2, 0.25) is 0 Å². The zero-order valence-electron chi connectivity index (χ0n) is 21.0. The molecule has 200 valence electrons. The molecule has 0 N–H and O–H groups in total. The second-order valence-corrected chi connectivity index (χ2v) is 8.63. The van der Waals surface area contributed by atoms with Crippen LogP contribution >= 0.6 is 0 Å². The molecule has 1 unspecified atom stereocenters. The molecule has 0 radical (unpaired) electrons. The highest BCUT2D eigenvalue weighted by molar-refractivity contribution is 5.94. The monoisotopic (exact) mass is 534 g/mol. The van der Waals surface area contributed by atoms with Gasteiger partial charge in [0, 0.05) is 36.8 Å². The molecule has 1 atom stereocenters. The number of alkyl halides is 3. The smallest absolute Gasteiger partial charge is 0.416 e. The first-order valence-electron chi connectivity index (χ1n) is 11.9. The minimum atomic E-state index is -4.46. The number of hydrogen-bond acceptors (Lipinski definition) is 5. The topological polar surface area (TPSA) is 77.3 Å². The molecule has 0 aliphatic rings. The van der Waals surface area contributed by atoms with Crippen LogP contribution in [0.3, 0.4) is 0 Å². The van der Waals surface area contributed by atoms with Crippen LogP contribution in [0.4, 0.5) is 13.2 Å². The number of benzene rings is 2. The van der Waals surface area contributed by atoms with E-state index in [2.05, 4.69) is 9.97 Å². The Morgan fingerprint density at radius 2 is 1.77 bits per heavy atom. The number of carbonyl (C=O) groups is 2. The Labute approximate surface area is 223 Å². The fourth-order valence-electron chi connectivity index (χ4n) is 3.93. The van der Waals surface area contributed by atoms with Crippen molar-refractivity contribution in [2.75, 3.05) is 7.11 Å². The molecule has 2 aromatic heterocycles. The third-order valence-corrected chi connectivity index (χ3v) is 6.00. The summed E-state index contributed by atoms with van der Waals surface area (Å²) in [5.74, 6) is -1.13. The van der Waals surface area contributed by atoms with Gasteiger partial charge in [0.25, 0.3) is 0 Å². The lowest BCUT2D eigenvalue weighted by molar-refractivity contribution is -0.152. The maximum absolute atomic E-state index is 13.4.